The van der Waals surface area contributed by atoms with Crippen LogP contribution in [0.3, 0.4) is 0 Å². The normalized spacial score (nSPS) is 40.0. The summed E-state index contributed by atoms with van der Waals surface area (Å²) >= 11 is 0. The summed E-state index contributed by atoms with van der Waals surface area (Å²) in [6.45, 7) is 14.0. The predicted octanol–water partition coefficient (Wildman–Crippen LogP) is 1.78. The summed E-state index contributed by atoms with van der Waals surface area (Å²) in [6.07, 6.45) is 4.04. The third-order valence-electron chi connectivity index (χ3n) is 5.51. The van der Waals surface area contributed by atoms with Crippen molar-refractivity contribution >= 4 is 0 Å². The highest BCUT2D eigenvalue weighted by Gasteiger charge is 2.44. The first-order chi connectivity index (χ1) is 8.62. The molecule has 2 aliphatic rings. The zero-order valence-electron chi connectivity index (χ0n) is 12.5. The minimum atomic E-state index is 0.289. The van der Waals surface area contributed by atoms with Crippen LogP contribution in [0.5, 0.6) is 0 Å². The molecule has 1 saturated heterocycles. The summed E-state index contributed by atoms with van der Waals surface area (Å²) in [6, 6.07) is 0. The molecule has 0 bridgehead atoms. The van der Waals surface area contributed by atoms with Crippen molar-refractivity contribution in [1.82, 2.24) is 9.80 Å². The van der Waals surface area contributed by atoms with Gasteiger partial charge in [0.05, 0.1) is 0 Å². The summed E-state index contributed by atoms with van der Waals surface area (Å²) < 4.78 is 0. The number of hydrogen-bond donors (Lipinski definition) is 1. The fraction of sp³-hybridized carbons (Fsp3) is 1.00. The standard InChI is InChI=1S/C15H31N3/c1-4-17-7-9-18(10-8-17)15(12-16)11-13(2)5-6-14(15)3/h13-14H,4-12,16H2,1-3H3. The second-order valence-corrected chi connectivity index (χ2v) is 6.52. The number of rotatable bonds is 3. The third kappa shape index (κ3) is 2.59. The molecule has 0 amide bonds. The first-order valence-electron chi connectivity index (χ1n) is 7.80. The minimum absolute atomic E-state index is 0.289. The van der Waals surface area contributed by atoms with Crippen molar-refractivity contribution < 1.29 is 0 Å². The smallest absolute Gasteiger partial charge is 0.0360 e. The molecule has 3 heteroatoms. The van der Waals surface area contributed by atoms with Gasteiger partial charge in [0.1, 0.15) is 0 Å². The maximum Gasteiger partial charge on any atom is 0.0360 e. The molecule has 0 spiro atoms. The van der Waals surface area contributed by atoms with Gasteiger partial charge in [0, 0.05) is 38.3 Å². The Balaban J connectivity index is 2.07. The average molecular weight is 253 g/mol. The molecular formula is C15H31N3. The van der Waals surface area contributed by atoms with E-state index in [2.05, 4.69) is 30.6 Å². The van der Waals surface area contributed by atoms with Gasteiger partial charge in [-0.3, -0.25) is 4.90 Å². The van der Waals surface area contributed by atoms with Crippen LogP contribution in [0.1, 0.15) is 40.0 Å². The first-order valence-corrected chi connectivity index (χ1v) is 7.80. The summed E-state index contributed by atoms with van der Waals surface area (Å²) in [7, 11) is 0. The first kappa shape index (κ1) is 14.3. The molecule has 106 valence electrons. The molecule has 0 aromatic carbocycles. The van der Waals surface area contributed by atoms with E-state index in [0.717, 1.165) is 18.4 Å². The maximum atomic E-state index is 6.23. The lowest BCUT2D eigenvalue weighted by Crippen LogP contribution is -2.64. The van der Waals surface area contributed by atoms with Gasteiger partial charge >= 0.3 is 0 Å². The van der Waals surface area contributed by atoms with E-state index in [1.807, 2.05) is 0 Å². The second-order valence-electron chi connectivity index (χ2n) is 6.52. The molecule has 2 N–H and O–H groups in total. The third-order valence-corrected chi connectivity index (χ3v) is 5.51. The van der Waals surface area contributed by atoms with E-state index in [0.29, 0.717) is 0 Å². The average Bonchev–Trinajstić information content (AvgIpc) is 2.42. The van der Waals surface area contributed by atoms with Crippen molar-refractivity contribution in [2.24, 2.45) is 17.6 Å². The van der Waals surface area contributed by atoms with Crippen molar-refractivity contribution in [2.45, 2.75) is 45.6 Å². The zero-order chi connectivity index (χ0) is 13.2. The Bertz CT molecular complexity index is 260. The van der Waals surface area contributed by atoms with Crippen LogP contribution < -0.4 is 5.73 Å². The number of nitrogens with zero attached hydrogens (tertiary/aromatic N) is 2. The lowest BCUT2D eigenvalue weighted by molar-refractivity contribution is -0.0309. The van der Waals surface area contributed by atoms with Crippen LogP contribution in [0, 0.1) is 11.8 Å². The van der Waals surface area contributed by atoms with Crippen molar-refractivity contribution in [2.75, 3.05) is 39.3 Å². The maximum absolute atomic E-state index is 6.23. The zero-order valence-corrected chi connectivity index (χ0v) is 12.5. The molecule has 2 fully saturated rings. The van der Waals surface area contributed by atoms with Gasteiger partial charge in [0.15, 0.2) is 0 Å². The van der Waals surface area contributed by atoms with Gasteiger partial charge in [-0.2, -0.15) is 0 Å². The molecule has 0 aromatic heterocycles. The molecular weight excluding hydrogens is 222 g/mol. The van der Waals surface area contributed by atoms with Gasteiger partial charge in [-0.05, 0) is 31.2 Å². The van der Waals surface area contributed by atoms with E-state index < -0.39 is 0 Å². The molecule has 3 atom stereocenters. The Labute approximate surface area is 113 Å². The van der Waals surface area contributed by atoms with Crippen LogP contribution >= 0.6 is 0 Å². The van der Waals surface area contributed by atoms with Crippen molar-refractivity contribution in [3.63, 3.8) is 0 Å². The van der Waals surface area contributed by atoms with Gasteiger partial charge in [-0.25, -0.2) is 0 Å². The molecule has 1 heterocycles. The van der Waals surface area contributed by atoms with E-state index in [4.69, 9.17) is 5.73 Å². The lowest BCUT2D eigenvalue weighted by Gasteiger charge is -2.54. The van der Waals surface area contributed by atoms with Gasteiger partial charge in [0.2, 0.25) is 0 Å². The molecule has 1 saturated carbocycles. The monoisotopic (exact) mass is 253 g/mol. The van der Waals surface area contributed by atoms with Crippen LogP contribution in [0.25, 0.3) is 0 Å². The minimum Gasteiger partial charge on any atom is -0.329 e. The summed E-state index contributed by atoms with van der Waals surface area (Å²) in [5.41, 5.74) is 6.52. The van der Waals surface area contributed by atoms with Crippen LogP contribution in [0.4, 0.5) is 0 Å². The molecule has 3 unspecified atom stereocenters. The second kappa shape index (κ2) is 5.89. The van der Waals surface area contributed by atoms with Gasteiger partial charge in [0.25, 0.3) is 0 Å². The van der Waals surface area contributed by atoms with Crippen molar-refractivity contribution in [1.29, 1.82) is 0 Å². The lowest BCUT2D eigenvalue weighted by atomic mass is 9.68. The Hall–Kier alpha value is -0.120. The summed E-state index contributed by atoms with van der Waals surface area (Å²) in [5.74, 6) is 1.60. The fourth-order valence-corrected chi connectivity index (χ4v) is 4.07. The Kier molecular flexibility index (Phi) is 4.68. The van der Waals surface area contributed by atoms with E-state index in [-0.39, 0.29) is 5.54 Å². The molecule has 3 nitrogen and oxygen atoms in total. The van der Waals surface area contributed by atoms with Crippen LogP contribution in [-0.2, 0) is 0 Å². The number of hydrogen-bond acceptors (Lipinski definition) is 3. The van der Waals surface area contributed by atoms with E-state index in [1.165, 1.54) is 52.0 Å². The number of nitrogens with two attached hydrogens (primary N) is 1. The van der Waals surface area contributed by atoms with Crippen LogP contribution in [0.2, 0.25) is 0 Å². The molecule has 0 aromatic rings. The topological polar surface area (TPSA) is 32.5 Å². The summed E-state index contributed by atoms with van der Waals surface area (Å²) in [4.78, 5) is 5.27. The van der Waals surface area contributed by atoms with Gasteiger partial charge in [-0.1, -0.05) is 27.2 Å². The Morgan fingerprint density at radius 2 is 1.78 bits per heavy atom. The number of likely N-dealkylation sites (N-methyl/N-ethyl adjacent to an activating group) is 1. The highest BCUT2D eigenvalue weighted by Crippen LogP contribution is 2.40. The Morgan fingerprint density at radius 3 is 2.33 bits per heavy atom. The van der Waals surface area contributed by atoms with Gasteiger partial charge < -0.3 is 10.6 Å². The van der Waals surface area contributed by atoms with Crippen LogP contribution in [0.15, 0.2) is 0 Å². The van der Waals surface area contributed by atoms with Gasteiger partial charge in [-0.15, -0.1) is 0 Å². The quantitative estimate of drug-likeness (QED) is 0.832. The van der Waals surface area contributed by atoms with Crippen molar-refractivity contribution in [3.05, 3.63) is 0 Å². The molecule has 0 radical (unpaired) electrons. The highest BCUT2D eigenvalue weighted by atomic mass is 15.3. The highest BCUT2D eigenvalue weighted by molar-refractivity contribution is 5.01. The number of piperazine rings is 1. The SMILES string of the molecule is CCN1CCN(C2(CN)CC(C)CCC2C)CC1. The summed E-state index contributed by atoms with van der Waals surface area (Å²) in [5, 5.41) is 0. The Morgan fingerprint density at radius 1 is 1.11 bits per heavy atom. The van der Waals surface area contributed by atoms with Crippen LogP contribution in [-0.4, -0.2) is 54.6 Å². The molecule has 1 aliphatic carbocycles. The fourth-order valence-electron chi connectivity index (χ4n) is 4.07. The molecule has 2 rings (SSSR count). The van der Waals surface area contributed by atoms with E-state index in [9.17, 15) is 0 Å². The molecule has 18 heavy (non-hydrogen) atoms. The predicted molar refractivity (Wildman–Crippen MR) is 77.7 cm³/mol. The van der Waals surface area contributed by atoms with Crippen molar-refractivity contribution in [3.8, 4) is 0 Å². The molecule has 1 aliphatic heterocycles. The largest absolute Gasteiger partial charge is 0.329 e. The van der Waals surface area contributed by atoms with E-state index >= 15 is 0 Å². The van der Waals surface area contributed by atoms with E-state index in [1.54, 1.807) is 0 Å².